The molecule has 1 aromatic carbocycles. The minimum absolute atomic E-state index is 0. The lowest BCUT2D eigenvalue weighted by Gasteiger charge is -2.28. The van der Waals surface area contributed by atoms with Crippen molar-refractivity contribution in [3.8, 4) is 0 Å². The summed E-state index contributed by atoms with van der Waals surface area (Å²) in [6.07, 6.45) is -0.414. The third kappa shape index (κ3) is 5.00. The monoisotopic (exact) mass is 366 g/mol. The first-order chi connectivity index (χ1) is 9.90. The van der Waals surface area contributed by atoms with Gasteiger partial charge in [0, 0.05) is 25.0 Å². The number of carbonyl (C=O) groups is 1. The third-order valence-electron chi connectivity index (χ3n) is 3.63. The molecule has 0 radical (unpaired) electrons. The van der Waals surface area contributed by atoms with Crippen molar-refractivity contribution < 1.29 is 9.53 Å². The Balaban J connectivity index is 0.00000242. The summed E-state index contributed by atoms with van der Waals surface area (Å²) in [7, 11) is 0. The van der Waals surface area contributed by atoms with Crippen molar-refractivity contribution in [3.63, 3.8) is 0 Å². The largest absolute Gasteiger partial charge is 0.366 e. The van der Waals surface area contributed by atoms with E-state index in [9.17, 15) is 4.79 Å². The van der Waals surface area contributed by atoms with Crippen LogP contribution in [0.4, 0.5) is 0 Å². The highest BCUT2D eigenvalue weighted by Crippen LogP contribution is 2.29. The summed E-state index contributed by atoms with van der Waals surface area (Å²) in [4.78, 5) is 12.1. The topological polar surface area (TPSA) is 50.4 Å². The number of hydrogen-bond donors (Lipinski definition) is 2. The number of halogens is 3. The van der Waals surface area contributed by atoms with Crippen LogP contribution in [-0.4, -0.2) is 38.3 Å². The fourth-order valence-corrected chi connectivity index (χ4v) is 2.47. The number of amides is 1. The summed E-state index contributed by atoms with van der Waals surface area (Å²) in [5.74, 6) is -0.0877. The highest BCUT2D eigenvalue weighted by atomic mass is 35.5. The maximum absolute atomic E-state index is 12.1. The van der Waals surface area contributed by atoms with Gasteiger partial charge in [0.25, 0.3) is 0 Å². The summed E-state index contributed by atoms with van der Waals surface area (Å²) in [5, 5.41) is 7.14. The summed E-state index contributed by atoms with van der Waals surface area (Å²) < 4.78 is 5.43. The van der Waals surface area contributed by atoms with Crippen LogP contribution >= 0.6 is 35.6 Å². The maximum atomic E-state index is 12.1. The molecule has 22 heavy (non-hydrogen) atoms. The van der Waals surface area contributed by atoms with Gasteiger partial charge in [0.1, 0.15) is 6.10 Å². The molecular weight excluding hydrogens is 347 g/mol. The number of morpholine rings is 1. The predicted molar refractivity (Wildman–Crippen MR) is 92.4 cm³/mol. The molecule has 1 unspecified atom stereocenters. The van der Waals surface area contributed by atoms with E-state index in [2.05, 4.69) is 10.6 Å². The molecular formula is C15H21Cl3N2O2. The van der Waals surface area contributed by atoms with Gasteiger partial charge in [0.2, 0.25) is 5.91 Å². The van der Waals surface area contributed by atoms with Crippen LogP contribution in [0.3, 0.4) is 0 Å². The zero-order chi connectivity index (χ0) is 15.5. The molecule has 2 N–H and O–H groups in total. The Hall–Kier alpha value is -0.520. The molecule has 1 saturated heterocycles. The van der Waals surface area contributed by atoms with E-state index in [1.165, 1.54) is 0 Å². The maximum Gasteiger partial charge on any atom is 0.250 e. The van der Waals surface area contributed by atoms with Gasteiger partial charge in [-0.1, -0.05) is 43.1 Å². The zero-order valence-corrected chi connectivity index (χ0v) is 14.9. The molecule has 0 aliphatic carbocycles. The van der Waals surface area contributed by atoms with Gasteiger partial charge in [-0.05, 0) is 17.7 Å². The highest BCUT2D eigenvalue weighted by molar-refractivity contribution is 6.42. The first-order valence-corrected chi connectivity index (χ1v) is 7.71. The van der Waals surface area contributed by atoms with Gasteiger partial charge < -0.3 is 15.4 Å². The van der Waals surface area contributed by atoms with Crippen LogP contribution in [0.15, 0.2) is 18.2 Å². The lowest BCUT2D eigenvalue weighted by Crippen LogP contribution is -2.49. The Morgan fingerprint density at radius 3 is 2.73 bits per heavy atom. The van der Waals surface area contributed by atoms with Gasteiger partial charge in [-0.15, -0.1) is 12.4 Å². The molecule has 2 rings (SSSR count). The van der Waals surface area contributed by atoms with Crippen molar-refractivity contribution >= 4 is 41.5 Å². The molecule has 0 spiro atoms. The fourth-order valence-electron chi connectivity index (χ4n) is 2.17. The second kappa shape index (κ2) is 8.37. The Morgan fingerprint density at radius 2 is 2.14 bits per heavy atom. The van der Waals surface area contributed by atoms with Gasteiger partial charge in [-0.3, -0.25) is 4.79 Å². The lowest BCUT2D eigenvalue weighted by atomic mass is 9.84. The Kier molecular flexibility index (Phi) is 7.42. The molecule has 1 aliphatic heterocycles. The first-order valence-electron chi connectivity index (χ1n) is 6.96. The average Bonchev–Trinajstić information content (AvgIpc) is 2.48. The molecule has 0 saturated carbocycles. The van der Waals surface area contributed by atoms with E-state index in [4.69, 9.17) is 27.9 Å². The number of rotatable bonds is 4. The second-order valence-corrected chi connectivity index (χ2v) is 6.61. The van der Waals surface area contributed by atoms with Gasteiger partial charge in [-0.2, -0.15) is 0 Å². The van der Waals surface area contributed by atoms with Crippen molar-refractivity contribution in [1.29, 1.82) is 0 Å². The van der Waals surface area contributed by atoms with Crippen LogP contribution in [-0.2, 0) is 14.9 Å². The number of ether oxygens (including phenoxy) is 1. The van der Waals surface area contributed by atoms with E-state index >= 15 is 0 Å². The molecule has 1 aliphatic rings. The minimum atomic E-state index is -0.414. The smallest absolute Gasteiger partial charge is 0.250 e. The molecule has 1 amide bonds. The molecule has 0 aromatic heterocycles. The number of benzene rings is 1. The van der Waals surface area contributed by atoms with Crippen molar-refractivity contribution in [1.82, 2.24) is 10.6 Å². The molecule has 4 nitrogen and oxygen atoms in total. The van der Waals surface area contributed by atoms with Crippen molar-refractivity contribution in [2.75, 3.05) is 26.2 Å². The predicted octanol–water partition coefficient (Wildman–Crippen LogP) is 2.80. The number of carbonyl (C=O) groups excluding carboxylic acids is 1. The summed E-state index contributed by atoms with van der Waals surface area (Å²) in [6.45, 7) is 6.51. The fraction of sp³-hybridized carbons (Fsp3) is 0.533. The van der Waals surface area contributed by atoms with Crippen molar-refractivity contribution in [2.24, 2.45) is 0 Å². The SMILES string of the molecule is CC(C)(CNC(=O)C1CNCCO1)c1ccc(Cl)c(Cl)c1.Cl. The van der Waals surface area contributed by atoms with Crippen LogP contribution < -0.4 is 10.6 Å². The minimum Gasteiger partial charge on any atom is -0.366 e. The summed E-state index contributed by atoms with van der Waals surface area (Å²) in [5.41, 5.74) is 0.784. The molecule has 1 heterocycles. The summed E-state index contributed by atoms with van der Waals surface area (Å²) in [6, 6.07) is 5.55. The van der Waals surface area contributed by atoms with E-state index in [0.717, 1.165) is 12.1 Å². The van der Waals surface area contributed by atoms with Crippen LogP contribution in [0.2, 0.25) is 10.0 Å². The van der Waals surface area contributed by atoms with Crippen molar-refractivity contribution in [2.45, 2.75) is 25.4 Å². The van der Waals surface area contributed by atoms with Crippen LogP contribution in [0, 0.1) is 0 Å². The third-order valence-corrected chi connectivity index (χ3v) is 4.36. The van der Waals surface area contributed by atoms with Gasteiger partial charge in [-0.25, -0.2) is 0 Å². The Labute approximate surface area is 147 Å². The first kappa shape index (κ1) is 19.5. The quantitative estimate of drug-likeness (QED) is 0.860. The van der Waals surface area contributed by atoms with Gasteiger partial charge in [0.05, 0.1) is 16.7 Å². The molecule has 1 fully saturated rings. The second-order valence-electron chi connectivity index (χ2n) is 5.79. The highest BCUT2D eigenvalue weighted by Gasteiger charge is 2.26. The van der Waals surface area contributed by atoms with Gasteiger partial charge in [0.15, 0.2) is 0 Å². The van der Waals surface area contributed by atoms with E-state index in [1.54, 1.807) is 6.07 Å². The molecule has 1 atom stereocenters. The zero-order valence-electron chi connectivity index (χ0n) is 12.6. The van der Waals surface area contributed by atoms with E-state index in [0.29, 0.717) is 29.7 Å². The standard InChI is InChI=1S/C15H20Cl2N2O2.ClH/c1-15(2,10-3-4-11(16)12(17)7-10)9-19-14(20)13-8-18-5-6-21-13;/h3-4,7,13,18H,5-6,8-9H2,1-2H3,(H,19,20);1H. The Bertz CT molecular complexity index is 518. The van der Waals surface area contributed by atoms with E-state index in [1.807, 2.05) is 26.0 Å². The van der Waals surface area contributed by atoms with E-state index < -0.39 is 6.10 Å². The number of nitrogens with one attached hydrogen (secondary N) is 2. The molecule has 7 heteroatoms. The normalized spacial score (nSPS) is 18.5. The lowest BCUT2D eigenvalue weighted by molar-refractivity contribution is -0.134. The molecule has 124 valence electrons. The van der Waals surface area contributed by atoms with E-state index in [-0.39, 0.29) is 23.7 Å². The van der Waals surface area contributed by atoms with Gasteiger partial charge >= 0.3 is 0 Å². The van der Waals surface area contributed by atoms with Crippen molar-refractivity contribution in [3.05, 3.63) is 33.8 Å². The number of hydrogen-bond acceptors (Lipinski definition) is 3. The summed E-state index contributed by atoms with van der Waals surface area (Å²) >= 11 is 12.0. The molecule has 0 bridgehead atoms. The van der Waals surface area contributed by atoms with Crippen LogP contribution in [0.5, 0.6) is 0 Å². The Morgan fingerprint density at radius 1 is 1.41 bits per heavy atom. The van der Waals surface area contributed by atoms with Crippen LogP contribution in [0.25, 0.3) is 0 Å². The molecule has 1 aromatic rings. The van der Waals surface area contributed by atoms with Crippen LogP contribution in [0.1, 0.15) is 19.4 Å². The average molecular weight is 368 g/mol.